The van der Waals surface area contributed by atoms with Gasteiger partial charge in [0.1, 0.15) is 17.5 Å². The van der Waals surface area contributed by atoms with Crippen molar-refractivity contribution in [3.63, 3.8) is 0 Å². The summed E-state index contributed by atoms with van der Waals surface area (Å²) in [7, 11) is 0. The summed E-state index contributed by atoms with van der Waals surface area (Å²) in [6.07, 6.45) is 0.362. The number of carboxylic acid groups (broad SMARTS) is 1. The molecule has 1 fully saturated rings. The monoisotopic (exact) mass is 641 g/mol. The van der Waals surface area contributed by atoms with Gasteiger partial charge < -0.3 is 34.9 Å². The van der Waals surface area contributed by atoms with E-state index < -0.39 is 30.1 Å². The number of rotatable bonds is 7. The molecule has 0 radical (unpaired) electrons. The molecule has 1 saturated heterocycles. The number of hydrogen-bond donors (Lipinski definition) is 4. The second-order valence-corrected chi connectivity index (χ2v) is 11.6. The number of furan rings is 1. The van der Waals surface area contributed by atoms with E-state index in [9.17, 15) is 29.7 Å². The highest BCUT2D eigenvalue weighted by Gasteiger charge is 2.32. The molecule has 14 heteroatoms. The standard InChI is InChI=1S/C30H29Cl2N5O7/c31-21-9-17-12-36(29(41)24-10-16-3-1-2-4-23(16)44-24)8-7-20(17)27(32)26(21)28(40)35-22(30(42)43)5-6-25(34-15-33)37-13-18(38)11-19(39)14-37/h1-4,9-10,18-19,22,38-39H,5-8,11-14H2,(H,35,40)(H,42,43)/t18-,19+,22-/m0/s1. The number of likely N-dealkylation sites (tertiary alicyclic amines) is 1. The van der Waals surface area contributed by atoms with Gasteiger partial charge in [0.05, 0.1) is 27.8 Å². The molecule has 3 heterocycles. The first kappa shape index (κ1) is 31.3. The summed E-state index contributed by atoms with van der Waals surface area (Å²) >= 11 is 13.2. The molecule has 2 aromatic carbocycles. The largest absolute Gasteiger partial charge is 0.480 e. The maximum absolute atomic E-state index is 13.3. The summed E-state index contributed by atoms with van der Waals surface area (Å²) in [6, 6.07) is 9.17. The number of amides is 2. The summed E-state index contributed by atoms with van der Waals surface area (Å²) in [5.41, 5.74) is 1.81. The number of nitrogens with zero attached hydrogens (tertiary/aromatic N) is 4. The van der Waals surface area contributed by atoms with Gasteiger partial charge in [0, 0.05) is 44.4 Å². The number of benzene rings is 2. The van der Waals surface area contributed by atoms with Crippen molar-refractivity contribution in [2.75, 3.05) is 19.6 Å². The molecule has 2 aliphatic rings. The fraction of sp³-hybridized carbons (Fsp3) is 0.367. The number of aliphatic imine (C=N–C) groups is 1. The Labute approximate surface area is 262 Å². The third-order valence-electron chi connectivity index (χ3n) is 7.77. The topological polar surface area (TPSA) is 180 Å². The summed E-state index contributed by atoms with van der Waals surface area (Å²) in [5, 5.41) is 42.3. The Balaban J connectivity index is 1.28. The number of halogens is 2. The molecule has 230 valence electrons. The van der Waals surface area contributed by atoms with E-state index in [1.165, 1.54) is 4.90 Å². The highest BCUT2D eigenvalue weighted by molar-refractivity contribution is 6.40. The van der Waals surface area contributed by atoms with E-state index in [4.69, 9.17) is 32.9 Å². The number of amidine groups is 1. The van der Waals surface area contributed by atoms with Crippen LogP contribution in [0, 0.1) is 11.5 Å². The van der Waals surface area contributed by atoms with E-state index in [2.05, 4.69) is 10.3 Å². The smallest absolute Gasteiger partial charge is 0.326 e. The highest BCUT2D eigenvalue weighted by Crippen LogP contribution is 2.35. The number of para-hydroxylation sites is 1. The van der Waals surface area contributed by atoms with Crippen LogP contribution in [0.1, 0.15) is 51.3 Å². The van der Waals surface area contributed by atoms with Crippen LogP contribution in [-0.2, 0) is 17.8 Å². The molecule has 4 N–H and O–H groups in total. The predicted octanol–water partition coefficient (Wildman–Crippen LogP) is 3.21. The molecule has 2 amide bonds. The molecular formula is C30H29Cl2N5O7. The maximum Gasteiger partial charge on any atom is 0.326 e. The van der Waals surface area contributed by atoms with Gasteiger partial charge >= 0.3 is 5.97 Å². The third kappa shape index (κ3) is 6.66. The van der Waals surface area contributed by atoms with Gasteiger partial charge in [-0.15, -0.1) is 0 Å². The Kier molecular flexibility index (Phi) is 9.41. The number of carboxylic acids is 1. The number of fused-ring (bicyclic) bond motifs is 2. The van der Waals surface area contributed by atoms with Crippen molar-refractivity contribution in [1.82, 2.24) is 15.1 Å². The van der Waals surface area contributed by atoms with Crippen molar-refractivity contribution in [3.05, 3.63) is 68.9 Å². The van der Waals surface area contributed by atoms with Gasteiger partial charge in [0.2, 0.25) is 6.19 Å². The maximum atomic E-state index is 13.3. The minimum absolute atomic E-state index is 0.00329. The summed E-state index contributed by atoms with van der Waals surface area (Å²) in [5.74, 6) is -2.01. The fourth-order valence-electron chi connectivity index (χ4n) is 5.64. The third-order valence-corrected chi connectivity index (χ3v) is 8.48. The van der Waals surface area contributed by atoms with Gasteiger partial charge in [-0.25, -0.2) is 4.79 Å². The van der Waals surface area contributed by atoms with Gasteiger partial charge in [-0.2, -0.15) is 10.3 Å². The molecule has 1 aromatic heterocycles. The Morgan fingerprint density at radius 2 is 1.86 bits per heavy atom. The van der Waals surface area contributed by atoms with E-state index in [-0.39, 0.29) is 72.0 Å². The predicted molar refractivity (Wildman–Crippen MR) is 160 cm³/mol. The van der Waals surface area contributed by atoms with Crippen molar-refractivity contribution < 1.29 is 34.1 Å². The van der Waals surface area contributed by atoms with Crippen molar-refractivity contribution >= 4 is 57.8 Å². The zero-order chi connectivity index (χ0) is 31.5. The van der Waals surface area contributed by atoms with Crippen LogP contribution in [0.25, 0.3) is 11.0 Å². The highest BCUT2D eigenvalue weighted by atomic mass is 35.5. The van der Waals surface area contributed by atoms with Crippen molar-refractivity contribution in [2.45, 2.75) is 50.5 Å². The Bertz CT molecular complexity index is 1640. The van der Waals surface area contributed by atoms with Gasteiger partial charge in [-0.1, -0.05) is 41.4 Å². The number of carbonyl (C=O) groups is 3. The van der Waals surface area contributed by atoms with Crippen LogP contribution < -0.4 is 5.32 Å². The number of β-amino-alcohol motifs (C(OH)–C–C–N with tert-alkyl or cyclic N) is 2. The summed E-state index contributed by atoms with van der Waals surface area (Å²) < 4.78 is 5.72. The van der Waals surface area contributed by atoms with Gasteiger partial charge in [-0.3, -0.25) is 9.59 Å². The number of nitriles is 1. The first-order valence-electron chi connectivity index (χ1n) is 13.9. The molecule has 3 atom stereocenters. The zero-order valence-electron chi connectivity index (χ0n) is 23.4. The SMILES string of the molecule is N#CN=C(CC[C@H](NC(=O)c1c(Cl)cc2c(c1Cl)CCN(C(=O)c1cc3ccccc3o1)C2)C(=O)O)N1C[C@H](O)C[C@H](O)C1. The average molecular weight is 642 g/mol. The molecule has 0 aliphatic carbocycles. The quantitative estimate of drug-likeness (QED) is 0.171. The van der Waals surface area contributed by atoms with Crippen LogP contribution >= 0.6 is 23.2 Å². The van der Waals surface area contributed by atoms with Crippen LogP contribution in [-0.4, -0.2) is 86.6 Å². The van der Waals surface area contributed by atoms with Gasteiger partial charge in [0.15, 0.2) is 5.76 Å². The molecule has 0 saturated carbocycles. The number of aliphatic carboxylic acids is 1. The van der Waals surface area contributed by atoms with Crippen LogP contribution in [0.4, 0.5) is 0 Å². The number of hydrogen-bond acceptors (Lipinski definition) is 8. The van der Waals surface area contributed by atoms with E-state index in [0.29, 0.717) is 29.7 Å². The van der Waals surface area contributed by atoms with Crippen LogP contribution in [0.3, 0.4) is 0 Å². The molecule has 5 rings (SSSR count). The minimum atomic E-state index is -1.38. The van der Waals surface area contributed by atoms with E-state index in [1.807, 2.05) is 18.2 Å². The molecule has 3 aromatic rings. The van der Waals surface area contributed by atoms with E-state index in [0.717, 1.165) is 5.39 Å². The first-order chi connectivity index (χ1) is 21.0. The lowest BCUT2D eigenvalue weighted by Crippen LogP contribution is -2.49. The lowest BCUT2D eigenvalue weighted by atomic mass is 9.96. The summed E-state index contributed by atoms with van der Waals surface area (Å²) in [6.45, 7) is 0.752. The molecule has 2 aliphatic heterocycles. The zero-order valence-corrected chi connectivity index (χ0v) is 24.9. The van der Waals surface area contributed by atoms with Crippen LogP contribution in [0.2, 0.25) is 10.0 Å². The minimum Gasteiger partial charge on any atom is -0.480 e. The van der Waals surface area contributed by atoms with Crippen LogP contribution in [0.5, 0.6) is 0 Å². The number of nitrogens with one attached hydrogen (secondary N) is 1. The van der Waals surface area contributed by atoms with E-state index >= 15 is 0 Å². The van der Waals surface area contributed by atoms with Crippen LogP contribution in [0.15, 0.2) is 45.8 Å². The Hall–Kier alpha value is -4.15. The number of piperidine rings is 1. The van der Waals surface area contributed by atoms with E-state index in [1.54, 1.807) is 29.3 Å². The molecule has 12 nitrogen and oxygen atoms in total. The molecule has 0 bridgehead atoms. The van der Waals surface area contributed by atoms with Gasteiger partial charge in [0.25, 0.3) is 11.8 Å². The number of carbonyl (C=O) groups excluding carboxylic acids is 2. The molecule has 0 spiro atoms. The average Bonchev–Trinajstić information content (AvgIpc) is 3.41. The number of aliphatic hydroxyl groups excluding tert-OH is 2. The lowest BCUT2D eigenvalue weighted by molar-refractivity contribution is -0.139. The second-order valence-electron chi connectivity index (χ2n) is 10.8. The number of aliphatic hydroxyl groups is 2. The summed E-state index contributed by atoms with van der Waals surface area (Å²) in [4.78, 5) is 45.5. The second kappa shape index (κ2) is 13.2. The first-order valence-corrected chi connectivity index (χ1v) is 14.7. The Morgan fingerprint density at radius 3 is 2.55 bits per heavy atom. The fourth-order valence-corrected chi connectivity index (χ4v) is 6.40. The van der Waals surface area contributed by atoms with Crippen molar-refractivity contribution in [3.8, 4) is 6.19 Å². The molecular weight excluding hydrogens is 613 g/mol. The molecule has 44 heavy (non-hydrogen) atoms. The van der Waals surface area contributed by atoms with Crippen molar-refractivity contribution in [2.24, 2.45) is 4.99 Å². The molecule has 0 unspecified atom stereocenters. The van der Waals surface area contributed by atoms with Crippen molar-refractivity contribution in [1.29, 1.82) is 5.26 Å². The van der Waals surface area contributed by atoms with Gasteiger partial charge in [-0.05, 0) is 42.2 Å². The normalized spacial score (nSPS) is 19.3. The Morgan fingerprint density at radius 1 is 1.14 bits per heavy atom. The lowest BCUT2D eigenvalue weighted by Gasteiger charge is -2.35.